The average molecular weight is 415 g/mol. The van der Waals surface area contributed by atoms with E-state index in [1.165, 1.54) is 31.4 Å². The van der Waals surface area contributed by atoms with Gasteiger partial charge in [-0.15, -0.1) is 8.78 Å². The van der Waals surface area contributed by atoms with Crippen LogP contribution in [-0.2, 0) is 9.53 Å². The zero-order valence-electron chi connectivity index (χ0n) is 14.3. The third-order valence-corrected chi connectivity index (χ3v) is 3.89. The molecule has 11 heteroatoms. The van der Waals surface area contributed by atoms with E-state index in [0.29, 0.717) is 0 Å². The first-order valence-electron chi connectivity index (χ1n) is 7.68. The van der Waals surface area contributed by atoms with Crippen molar-refractivity contribution in [2.45, 2.75) is 6.29 Å². The number of nitrogens with two attached hydrogens (primary N) is 1. The number of hydrogen-bond donors (Lipinski definition) is 2. The van der Waals surface area contributed by atoms with Crippen LogP contribution in [0.1, 0.15) is 10.4 Å². The number of methoxy groups -OCH3 is 1. The molecule has 0 unspecified atom stereocenters. The van der Waals surface area contributed by atoms with E-state index in [2.05, 4.69) is 14.8 Å². The standard InChI is InChI=1S/C17H13ClF2N2O6/c1-25-13-6-11(21)10(18)5-9(13)16(24)26-7-15(23)22-8-2-3-12-14(4-8)28-17(19,20)27-12/h2-6H,7,21H2,1H3,(H,22,23). The number of nitrogens with one attached hydrogen (secondary N) is 1. The summed E-state index contributed by atoms with van der Waals surface area (Å²) in [5.41, 5.74) is 5.98. The summed E-state index contributed by atoms with van der Waals surface area (Å²) in [5.74, 6) is -1.84. The van der Waals surface area contributed by atoms with Crippen LogP contribution in [0, 0.1) is 0 Å². The van der Waals surface area contributed by atoms with Gasteiger partial charge in [0.05, 0.1) is 17.8 Å². The van der Waals surface area contributed by atoms with E-state index in [0.717, 1.165) is 6.07 Å². The number of rotatable bonds is 5. The summed E-state index contributed by atoms with van der Waals surface area (Å²) >= 11 is 5.88. The number of fused-ring (bicyclic) bond motifs is 1. The number of amides is 1. The Kier molecular flexibility index (Phi) is 5.14. The number of hydrogen-bond acceptors (Lipinski definition) is 7. The van der Waals surface area contributed by atoms with Crippen LogP contribution in [0.25, 0.3) is 0 Å². The van der Waals surface area contributed by atoms with Crippen LogP contribution in [0.2, 0.25) is 5.02 Å². The van der Waals surface area contributed by atoms with Crippen LogP contribution in [-0.4, -0.2) is 31.9 Å². The normalized spacial score (nSPS) is 13.7. The lowest BCUT2D eigenvalue weighted by Crippen LogP contribution is -2.25. The molecule has 1 heterocycles. The second-order valence-corrected chi connectivity index (χ2v) is 5.93. The largest absolute Gasteiger partial charge is 0.586 e. The monoisotopic (exact) mass is 414 g/mol. The minimum atomic E-state index is -3.76. The zero-order valence-corrected chi connectivity index (χ0v) is 15.0. The first kappa shape index (κ1) is 19.5. The Morgan fingerprint density at radius 3 is 2.64 bits per heavy atom. The van der Waals surface area contributed by atoms with Crippen molar-refractivity contribution in [2.75, 3.05) is 24.8 Å². The van der Waals surface area contributed by atoms with Crippen LogP contribution in [0.15, 0.2) is 30.3 Å². The number of esters is 1. The predicted molar refractivity (Wildman–Crippen MR) is 94.0 cm³/mol. The molecule has 2 aromatic rings. The van der Waals surface area contributed by atoms with Crippen molar-refractivity contribution in [1.29, 1.82) is 0 Å². The fourth-order valence-electron chi connectivity index (χ4n) is 2.33. The lowest BCUT2D eigenvalue weighted by atomic mass is 10.2. The molecule has 1 aliphatic rings. The van der Waals surface area contributed by atoms with E-state index in [-0.39, 0.29) is 39.2 Å². The van der Waals surface area contributed by atoms with Gasteiger partial charge in [0.1, 0.15) is 11.3 Å². The number of alkyl halides is 2. The van der Waals surface area contributed by atoms with Gasteiger partial charge in [-0.1, -0.05) is 11.6 Å². The fraction of sp³-hybridized carbons (Fsp3) is 0.176. The van der Waals surface area contributed by atoms with Crippen LogP contribution in [0.4, 0.5) is 20.2 Å². The number of halogens is 3. The Morgan fingerprint density at radius 2 is 1.93 bits per heavy atom. The Morgan fingerprint density at radius 1 is 1.21 bits per heavy atom. The average Bonchev–Trinajstić information content (AvgIpc) is 2.94. The van der Waals surface area contributed by atoms with Gasteiger partial charge in [-0.05, 0) is 18.2 Å². The molecule has 1 amide bonds. The summed E-state index contributed by atoms with van der Waals surface area (Å²) in [5, 5.41) is 2.50. The van der Waals surface area contributed by atoms with Crippen molar-refractivity contribution in [2.24, 2.45) is 0 Å². The molecule has 0 saturated carbocycles. The van der Waals surface area contributed by atoms with E-state index in [9.17, 15) is 18.4 Å². The molecule has 0 bridgehead atoms. The Balaban J connectivity index is 1.61. The van der Waals surface area contributed by atoms with Gasteiger partial charge < -0.3 is 30.0 Å². The maximum Gasteiger partial charge on any atom is 0.586 e. The molecule has 8 nitrogen and oxygen atoms in total. The molecule has 0 aliphatic carbocycles. The van der Waals surface area contributed by atoms with Crippen molar-refractivity contribution in [3.05, 3.63) is 40.9 Å². The van der Waals surface area contributed by atoms with Gasteiger partial charge in [-0.25, -0.2) is 4.79 Å². The second-order valence-electron chi connectivity index (χ2n) is 5.53. The number of carbonyl (C=O) groups excluding carboxylic acids is 2. The van der Waals surface area contributed by atoms with E-state index in [1.807, 2.05) is 0 Å². The van der Waals surface area contributed by atoms with Crippen molar-refractivity contribution in [3.63, 3.8) is 0 Å². The molecular weight excluding hydrogens is 402 g/mol. The molecule has 148 valence electrons. The second kappa shape index (κ2) is 7.39. The molecule has 3 rings (SSSR count). The summed E-state index contributed by atoms with van der Waals surface area (Å²) < 4.78 is 44.5. The molecule has 2 aromatic carbocycles. The van der Waals surface area contributed by atoms with Crippen molar-refractivity contribution in [1.82, 2.24) is 0 Å². The van der Waals surface area contributed by atoms with Crippen molar-refractivity contribution < 1.29 is 37.3 Å². The number of carbonyl (C=O) groups is 2. The highest BCUT2D eigenvalue weighted by Gasteiger charge is 2.43. The van der Waals surface area contributed by atoms with Gasteiger partial charge in [0, 0.05) is 17.8 Å². The number of anilines is 2. The predicted octanol–water partition coefficient (Wildman–Crippen LogP) is 3.05. The van der Waals surface area contributed by atoms with Crippen LogP contribution in [0.3, 0.4) is 0 Å². The summed E-state index contributed by atoms with van der Waals surface area (Å²) in [6.45, 7) is -0.644. The third kappa shape index (κ3) is 4.17. The lowest BCUT2D eigenvalue weighted by molar-refractivity contribution is -0.286. The molecule has 0 spiro atoms. The number of ether oxygens (including phenoxy) is 4. The van der Waals surface area contributed by atoms with E-state index in [4.69, 9.17) is 26.8 Å². The Labute approximate surface area is 162 Å². The van der Waals surface area contributed by atoms with E-state index >= 15 is 0 Å². The first-order valence-corrected chi connectivity index (χ1v) is 8.06. The lowest BCUT2D eigenvalue weighted by Gasteiger charge is -2.11. The smallest absolute Gasteiger partial charge is 0.496 e. The first-order chi connectivity index (χ1) is 13.2. The highest BCUT2D eigenvalue weighted by atomic mass is 35.5. The van der Waals surface area contributed by atoms with E-state index < -0.39 is 24.8 Å². The topological polar surface area (TPSA) is 109 Å². The molecule has 0 radical (unpaired) electrons. The SMILES string of the molecule is COc1cc(N)c(Cl)cc1C(=O)OCC(=O)Nc1ccc2c(c1)OC(F)(F)O2. The number of benzene rings is 2. The minimum Gasteiger partial charge on any atom is -0.496 e. The number of nitrogen functional groups attached to an aromatic ring is 1. The minimum absolute atomic E-state index is 0.0141. The molecule has 0 saturated heterocycles. The quantitative estimate of drug-likeness (QED) is 0.571. The van der Waals surface area contributed by atoms with Crippen LogP contribution < -0.4 is 25.3 Å². The van der Waals surface area contributed by atoms with Crippen LogP contribution >= 0.6 is 11.6 Å². The molecule has 0 fully saturated rings. The summed E-state index contributed by atoms with van der Waals surface area (Å²) in [6.07, 6.45) is -3.76. The molecule has 0 atom stereocenters. The Hall–Kier alpha value is -3.27. The van der Waals surface area contributed by atoms with Crippen molar-refractivity contribution in [3.8, 4) is 17.2 Å². The maximum atomic E-state index is 13.0. The summed E-state index contributed by atoms with van der Waals surface area (Å²) in [4.78, 5) is 24.1. The van der Waals surface area contributed by atoms with Crippen LogP contribution in [0.5, 0.6) is 17.2 Å². The Bertz CT molecular complexity index is 953. The fourth-order valence-corrected chi connectivity index (χ4v) is 2.49. The highest BCUT2D eigenvalue weighted by Crippen LogP contribution is 2.42. The summed E-state index contributed by atoms with van der Waals surface area (Å²) in [6, 6.07) is 6.29. The molecule has 0 aromatic heterocycles. The van der Waals surface area contributed by atoms with Gasteiger partial charge in [0.2, 0.25) is 0 Å². The van der Waals surface area contributed by atoms with Gasteiger partial charge >= 0.3 is 12.3 Å². The molecule has 28 heavy (non-hydrogen) atoms. The molecule has 3 N–H and O–H groups in total. The molecular formula is C17H13ClF2N2O6. The highest BCUT2D eigenvalue weighted by molar-refractivity contribution is 6.33. The summed E-state index contributed by atoms with van der Waals surface area (Å²) in [7, 11) is 1.33. The third-order valence-electron chi connectivity index (χ3n) is 3.56. The van der Waals surface area contributed by atoms with Gasteiger partial charge in [0.25, 0.3) is 5.91 Å². The van der Waals surface area contributed by atoms with E-state index in [1.54, 1.807) is 0 Å². The van der Waals surface area contributed by atoms with Crippen molar-refractivity contribution >= 4 is 34.9 Å². The maximum absolute atomic E-state index is 13.0. The van der Waals surface area contributed by atoms with Gasteiger partial charge in [-0.3, -0.25) is 4.79 Å². The molecule has 1 aliphatic heterocycles. The zero-order chi connectivity index (χ0) is 20.5. The van der Waals surface area contributed by atoms with Gasteiger partial charge in [0.15, 0.2) is 18.1 Å². The van der Waals surface area contributed by atoms with Gasteiger partial charge in [-0.2, -0.15) is 0 Å².